The van der Waals surface area contributed by atoms with E-state index in [1.165, 1.54) is 5.56 Å². The van der Waals surface area contributed by atoms with E-state index < -0.39 is 0 Å². The molecule has 0 unspecified atom stereocenters. The average Bonchev–Trinajstić information content (AvgIpc) is 2.41. The molecule has 2 aromatic rings. The van der Waals surface area contributed by atoms with Crippen molar-refractivity contribution in [3.05, 3.63) is 69.2 Å². The molecule has 0 aromatic heterocycles. The Hall–Kier alpha value is -1.64. The van der Waals surface area contributed by atoms with Crippen molar-refractivity contribution in [3.8, 4) is 0 Å². The minimum atomic E-state index is 0.353. The van der Waals surface area contributed by atoms with Crippen molar-refractivity contribution in [1.82, 2.24) is 0 Å². The first-order chi connectivity index (χ1) is 9.08. The number of hydrogen-bond donors (Lipinski definition) is 0. The molecular weight excluding hydrogens is 283 g/mol. The van der Waals surface area contributed by atoms with Gasteiger partial charge in [-0.3, -0.25) is 9.59 Å². The predicted molar refractivity (Wildman–Crippen MR) is 78.4 cm³/mol. The van der Waals surface area contributed by atoms with Crippen LogP contribution in [0.4, 0.5) is 0 Å². The van der Waals surface area contributed by atoms with Crippen molar-refractivity contribution in [2.75, 3.05) is 0 Å². The minimum Gasteiger partial charge on any atom is -0.298 e. The molecule has 98 valence electrons. The molecule has 4 heteroatoms. The summed E-state index contributed by atoms with van der Waals surface area (Å²) in [5.41, 5.74) is 2.27. The van der Waals surface area contributed by atoms with Gasteiger partial charge in [0.2, 0.25) is 0 Å². The van der Waals surface area contributed by atoms with Crippen molar-refractivity contribution in [3.63, 3.8) is 0 Å². The molecule has 0 aliphatic carbocycles. The van der Waals surface area contributed by atoms with Crippen LogP contribution in [0.3, 0.4) is 0 Å². The number of benzene rings is 2. The van der Waals surface area contributed by atoms with E-state index >= 15 is 0 Å². The fourth-order valence-corrected chi connectivity index (χ4v) is 1.75. The number of hydrogen-bond acceptors (Lipinski definition) is 2. The van der Waals surface area contributed by atoms with E-state index in [0.29, 0.717) is 21.9 Å². The summed E-state index contributed by atoms with van der Waals surface area (Å²) >= 11 is 11.2. The van der Waals surface area contributed by atoms with Gasteiger partial charge in [-0.1, -0.05) is 59.1 Å². The van der Waals surface area contributed by atoms with Crippen molar-refractivity contribution >= 4 is 35.8 Å². The topological polar surface area (TPSA) is 34.1 Å². The van der Waals surface area contributed by atoms with Gasteiger partial charge in [-0.15, -0.1) is 0 Å². The summed E-state index contributed by atoms with van der Waals surface area (Å²) in [4.78, 5) is 20.4. The highest BCUT2D eigenvalue weighted by Crippen LogP contribution is 2.21. The van der Waals surface area contributed by atoms with Gasteiger partial charge in [0.25, 0.3) is 0 Å². The smallest absolute Gasteiger partial charge is 0.153 e. The molecular formula is C15H12Cl2O2. The molecule has 0 aliphatic rings. The number of aryl methyl sites for hydroxylation is 1. The zero-order valence-electron chi connectivity index (χ0n) is 10.3. The first kappa shape index (κ1) is 15.4. The summed E-state index contributed by atoms with van der Waals surface area (Å²) in [6.07, 6.45) is 1.49. The van der Waals surface area contributed by atoms with Gasteiger partial charge in [0.15, 0.2) is 6.29 Å². The molecule has 19 heavy (non-hydrogen) atoms. The molecule has 0 amide bonds. The molecule has 0 spiro atoms. The number of carbonyl (C=O) groups is 2. The highest BCUT2D eigenvalue weighted by Gasteiger charge is 2.01. The molecule has 0 radical (unpaired) electrons. The lowest BCUT2D eigenvalue weighted by Gasteiger charge is -1.95. The molecule has 0 N–H and O–H groups in total. The quantitative estimate of drug-likeness (QED) is 0.758. The van der Waals surface area contributed by atoms with Crippen molar-refractivity contribution in [2.24, 2.45) is 0 Å². The first-order valence-electron chi connectivity index (χ1n) is 5.49. The van der Waals surface area contributed by atoms with Crippen LogP contribution in [-0.4, -0.2) is 12.6 Å². The molecule has 0 heterocycles. The Labute approximate surface area is 122 Å². The highest BCUT2D eigenvalue weighted by atomic mass is 35.5. The minimum absolute atomic E-state index is 0.353. The molecule has 2 nitrogen and oxygen atoms in total. The Balaban J connectivity index is 0.000000191. The van der Waals surface area contributed by atoms with E-state index in [0.717, 1.165) is 11.8 Å². The van der Waals surface area contributed by atoms with Crippen LogP contribution in [0, 0.1) is 6.92 Å². The van der Waals surface area contributed by atoms with Gasteiger partial charge in [-0.05, 0) is 19.1 Å². The predicted octanol–water partition coefficient (Wildman–Crippen LogP) is 4.61. The summed E-state index contributed by atoms with van der Waals surface area (Å²) in [6.45, 7) is 1.99. The Morgan fingerprint density at radius 3 is 1.74 bits per heavy atom. The number of halogens is 2. The van der Waals surface area contributed by atoms with Gasteiger partial charge in [-0.2, -0.15) is 0 Å². The van der Waals surface area contributed by atoms with Crippen LogP contribution in [0.5, 0.6) is 0 Å². The number of rotatable bonds is 2. The van der Waals surface area contributed by atoms with Gasteiger partial charge < -0.3 is 0 Å². The molecule has 0 bridgehead atoms. The summed E-state index contributed by atoms with van der Waals surface area (Å²) in [5.74, 6) is 0. The summed E-state index contributed by atoms with van der Waals surface area (Å²) in [5, 5.41) is 0.782. The Bertz CT molecular complexity index is 543. The van der Waals surface area contributed by atoms with Crippen LogP contribution >= 0.6 is 23.2 Å². The van der Waals surface area contributed by atoms with E-state index in [9.17, 15) is 9.59 Å². The van der Waals surface area contributed by atoms with Crippen molar-refractivity contribution in [1.29, 1.82) is 0 Å². The van der Waals surface area contributed by atoms with Crippen molar-refractivity contribution < 1.29 is 9.59 Å². The zero-order chi connectivity index (χ0) is 14.3. The largest absolute Gasteiger partial charge is 0.298 e. The number of carbonyl (C=O) groups excluding carboxylic acids is 2. The first-order valence-corrected chi connectivity index (χ1v) is 6.25. The third kappa shape index (κ3) is 4.86. The Morgan fingerprint density at radius 2 is 1.37 bits per heavy atom. The van der Waals surface area contributed by atoms with Crippen LogP contribution in [0.25, 0.3) is 0 Å². The van der Waals surface area contributed by atoms with Gasteiger partial charge in [0, 0.05) is 5.56 Å². The van der Waals surface area contributed by atoms with E-state index in [1.807, 2.05) is 31.2 Å². The standard InChI is InChI=1S/C8H8O.C7H4Cl2O/c1-7-2-4-8(6-9)5-3-7;8-6-2-1-3-7(9)5(6)4-10/h2-6H,1H3;1-4H. The Morgan fingerprint density at radius 1 is 0.842 bits per heavy atom. The third-order valence-electron chi connectivity index (χ3n) is 2.33. The second-order valence-corrected chi connectivity index (χ2v) is 4.60. The van der Waals surface area contributed by atoms with E-state index in [1.54, 1.807) is 18.2 Å². The summed E-state index contributed by atoms with van der Waals surface area (Å²) < 4.78 is 0. The Kier molecular flexibility index (Phi) is 6.26. The lowest BCUT2D eigenvalue weighted by atomic mass is 10.2. The number of aldehydes is 2. The maximum Gasteiger partial charge on any atom is 0.153 e. The van der Waals surface area contributed by atoms with E-state index in [4.69, 9.17) is 23.2 Å². The summed E-state index contributed by atoms with van der Waals surface area (Å²) in [6, 6.07) is 12.4. The van der Waals surface area contributed by atoms with Gasteiger partial charge >= 0.3 is 0 Å². The molecule has 2 rings (SSSR count). The SMILES string of the molecule is Cc1ccc(C=O)cc1.O=Cc1c(Cl)cccc1Cl. The van der Waals surface area contributed by atoms with Crippen LogP contribution in [-0.2, 0) is 0 Å². The second-order valence-electron chi connectivity index (χ2n) is 3.78. The van der Waals surface area contributed by atoms with Crippen LogP contribution in [0.2, 0.25) is 10.0 Å². The fraction of sp³-hybridized carbons (Fsp3) is 0.0667. The van der Waals surface area contributed by atoms with Gasteiger partial charge in [-0.25, -0.2) is 0 Å². The van der Waals surface area contributed by atoms with E-state index in [-0.39, 0.29) is 0 Å². The highest BCUT2D eigenvalue weighted by molar-refractivity contribution is 6.38. The van der Waals surface area contributed by atoms with Gasteiger partial charge in [0.05, 0.1) is 15.6 Å². The molecule has 0 atom stereocenters. The molecule has 2 aromatic carbocycles. The zero-order valence-corrected chi connectivity index (χ0v) is 11.8. The van der Waals surface area contributed by atoms with Crippen LogP contribution in [0.15, 0.2) is 42.5 Å². The fourth-order valence-electron chi connectivity index (χ4n) is 1.27. The average molecular weight is 295 g/mol. The molecule has 0 aliphatic heterocycles. The molecule has 0 saturated carbocycles. The van der Waals surface area contributed by atoms with E-state index in [2.05, 4.69) is 0 Å². The monoisotopic (exact) mass is 294 g/mol. The van der Waals surface area contributed by atoms with Crippen LogP contribution in [0.1, 0.15) is 26.3 Å². The maximum absolute atomic E-state index is 10.3. The lowest BCUT2D eigenvalue weighted by molar-refractivity contribution is 0.111. The maximum atomic E-state index is 10.3. The summed E-state index contributed by atoms with van der Waals surface area (Å²) in [7, 11) is 0. The lowest BCUT2D eigenvalue weighted by Crippen LogP contribution is -1.81. The second kappa shape index (κ2) is 7.72. The molecule has 0 saturated heterocycles. The van der Waals surface area contributed by atoms with Crippen LogP contribution < -0.4 is 0 Å². The van der Waals surface area contributed by atoms with Gasteiger partial charge in [0.1, 0.15) is 6.29 Å². The molecule has 0 fully saturated rings. The van der Waals surface area contributed by atoms with Crippen molar-refractivity contribution in [2.45, 2.75) is 6.92 Å². The third-order valence-corrected chi connectivity index (χ3v) is 2.99. The normalized spacial score (nSPS) is 9.21.